The van der Waals surface area contributed by atoms with E-state index in [1.165, 1.54) is 44.5 Å². The van der Waals surface area contributed by atoms with Crippen molar-refractivity contribution in [1.82, 2.24) is 19.1 Å². The highest BCUT2D eigenvalue weighted by atomic mass is 35.5. The molecule has 12 nitrogen and oxygen atoms in total. The quantitative estimate of drug-likeness (QED) is 0.0514. The number of halogens is 4. The predicted molar refractivity (Wildman–Crippen MR) is 286 cm³/mol. The van der Waals surface area contributed by atoms with Crippen LogP contribution in [0.3, 0.4) is 0 Å². The minimum absolute atomic E-state index is 0.145. The second kappa shape index (κ2) is 27.4. The molecule has 16 heteroatoms. The highest BCUT2D eigenvalue weighted by Crippen LogP contribution is 2.31. The molecule has 2 heterocycles. The van der Waals surface area contributed by atoms with Gasteiger partial charge in [0.05, 0.1) is 35.5 Å². The third-order valence-corrected chi connectivity index (χ3v) is 10.8. The molecule has 73 heavy (non-hydrogen) atoms. The van der Waals surface area contributed by atoms with Gasteiger partial charge in [0, 0.05) is 30.8 Å². The molecule has 0 saturated heterocycles. The molecule has 0 saturated carbocycles. The van der Waals surface area contributed by atoms with Crippen LogP contribution in [-0.4, -0.2) is 55.3 Å². The van der Waals surface area contributed by atoms with E-state index in [9.17, 15) is 32.3 Å². The molecule has 0 aliphatic carbocycles. The molecular formula is C57H70ClF3N6O6. The summed E-state index contributed by atoms with van der Waals surface area (Å²) in [4.78, 5) is 59.3. The van der Waals surface area contributed by atoms with Gasteiger partial charge in [-0.25, -0.2) is 19.6 Å². The molecule has 0 aliphatic heterocycles. The molecule has 2 aromatic heterocycles. The maximum absolute atomic E-state index is 13.2. The number of rotatable bonds is 17. The van der Waals surface area contributed by atoms with E-state index in [-0.39, 0.29) is 35.1 Å². The molecule has 0 bridgehead atoms. The van der Waals surface area contributed by atoms with Crippen LogP contribution in [0.4, 0.5) is 25.1 Å². The molecule has 6 rings (SSSR count). The van der Waals surface area contributed by atoms with Crippen LogP contribution in [0, 0.1) is 13.8 Å². The van der Waals surface area contributed by atoms with Crippen LogP contribution in [-0.2, 0) is 28.7 Å². The number of anilines is 2. The number of carbonyl (C=O) groups excluding carboxylic acids is 2. The van der Waals surface area contributed by atoms with Crippen LogP contribution < -0.4 is 21.8 Å². The number of benzene rings is 4. The van der Waals surface area contributed by atoms with Gasteiger partial charge in [0.25, 0.3) is 11.1 Å². The lowest BCUT2D eigenvalue weighted by molar-refractivity contribution is -0.137. The third-order valence-electron chi connectivity index (χ3n) is 10.6. The summed E-state index contributed by atoms with van der Waals surface area (Å²) in [7, 11) is 0. The summed E-state index contributed by atoms with van der Waals surface area (Å²) < 4.78 is 52.7. The standard InChI is InChI=1S/C28H32F3N3O3.C21H28ClN3O3.C8H10/c1-5-6-7-15-32-26-33-23(20-11-13-22(14-12-20)28(29,30)31)17-24(35)34(26)18-19-9-8-10-21(16-19)25(36)37-27(2,3)4;1-5-6-7-11-23-20-24-17(22)13-18(26)25(20)14-15-9-8-10-16(12-15)19(27)28-21(2,3)4;1-7-3-5-8(2)6-4-7/h8-14,16-17H,5-7,15,18H2,1-4H3,(H,32,33);8-10,12-13H,5-7,11,14H2,1-4H3,(H,23,24);3-6H,1-2H3. The molecule has 392 valence electrons. The summed E-state index contributed by atoms with van der Waals surface area (Å²) in [6.07, 6.45) is 1.61. The van der Waals surface area contributed by atoms with Gasteiger partial charge in [-0.05, 0) is 116 Å². The highest BCUT2D eigenvalue weighted by molar-refractivity contribution is 6.29. The Morgan fingerprint density at radius 3 is 1.42 bits per heavy atom. The van der Waals surface area contributed by atoms with Gasteiger partial charge in [-0.3, -0.25) is 18.7 Å². The second-order valence-electron chi connectivity index (χ2n) is 19.6. The Hall–Kier alpha value is -6.74. The van der Waals surface area contributed by atoms with Crippen molar-refractivity contribution in [2.24, 2.45) is 0 Å². The number of nitrogens with one attached hydrogen (secondary N) is 2. The number of hydrogen-bond donors (Lipinski definition) is 2. The minimum atomic E-state index is -4.45. The zero-order valence-corrected chi connectivity index (χ0v) is 44.5. The van der Waals surface area contributed by atoms with Crippen LogP contribution in [0.2, 0.25) is 5.15 Å². The zero-order chi connectivity index (χ0) is 53.9. The SMILES string of the molecule is CCCCCNc1nc(-c2ccc(C(F)(F)F)cc2)cc(=O)n1Cc1cccc(C(=O)OC(C)(C)C)c1.CCCCCNc1nc(Cl)cc(=O)n1Cc1cccc(C(=O)OC(C)(C)C)c1.Cc1ccc(C)cc1. The Labute approximate surface area is 432 Å². The first-order chi connectivity index (χ1) is 34.3. The maximum atomic E-state index is 13.2. The van der Waals surface area contributed by atoms with Crippen LogP contribution in [0.5, 0.6) is 0 Å². The van der Waals surface area contributed by atoms with E-state index in [2.05, 4.69) is 72.6 Å². The Kier molecular flexibility index (Phi) is 22.0. The summed E-state index contributed by atoms with van der Waals surface area (Å²) in [5.74, 6) is -0.123. The molecule has 0 atom stereocenters. The number of alkyl halides is 3. The van der Waals surface area contributed by atoms with E-state index in [0.29, 0.717) is 47.2 Å². The van der Waals surface area contributed by atoms with Crippen LogP contribution in [0.15, 0.2) is 119 Å². The second-order valence-corrected chi connectivity index (χ2v) is 20.0. The predicted octanol–water partition coefficient (Wildman–Crippen LogP) is 13.3. The van der Waals surface area contributed by atoms with E-state index in [1.807, 2.05) is 26.8 Å². The van der Waals surface area contributed by atoms with Gasteiger partial charge < -0.3 is 20.1 Å². The van der Waals surface area contributed by atoms with E-state index in [1.54, 1.807) is 63.2 Å². The molecule has 0 amide bonds. The fraction of sp³-hybridized carbons (Fsp3) is 0.404. The van der Waals surface area contributed by atoms with Gasteiger partial charge in [-0.2, -0.15) is 13.2 Å². The van der Waals surface area contributed by atoms with Gasteiger partial charge in [-0.15, -0.1) is 0 Å². The van der Waals surface area contributed by atoms with Crippen molar-refractivity contribution in [3.63, 3.8) is 0 Å². The molecule has 6 aromatic rings. The first-order valence-electron chi connectivity index (χ1n) is 24.6. The van der Waals surface area contributed by atoms with Crippen LogP contribution in [0.25, 0.3) is 11.3 Å². The van der Waals surface area contributed by atoms with Gasteiger partial charge in [0.1, 0.15) is 16.4 Å². The monoisotopic (exact) mass is 1030 g/mol. The van der Waals surface area contributed by atoms with E-state index < -0.39 is 34.9 Å². The topological polar surface area (TPSA) is 146 Å². The van der Waals surface area contributed by atoms with Crippen molar-refractivity contribution in [2.45, 2.75) is 138 Å². The Balaban J connectivity index is 0.000000281. The van der Waals surface area contributed by atoms with Crippen molar-refractivity contribution < 1.29 is 32.2 Å². The Bertz CT molecular complexity index is 2830. The number of nitrogens with zero attached hydrogens (tertiary/aromatic N) is 4. The molecule has 2 N–H and O–H groups in total. The fourth-order valence-corrected chi connectivity index (χ4v) is 7.13. The normalized spacial score (nSPS) is 11.4. The summed E-state index contributed by atoms with van der Waals surface area (Å²) in [6, 6.07) is 29.5. The Morgan fingerprint density at radius 2 is 1.01 bits per heavy atom. The molecule has 0 fully saturated rings. The first-order valence-corrected chi connectivity index (χ1v) is 25.0. The van der Waals surface area contributed by atoms with Gasteiger partial charge >= 0.3 is 18.1 Å². The van der Waals surface area contributed by atoms with Crippen molar-refractivity contribution in [2.75, 3.05) is 23.7 Å². The van der Waals surface area contributed by atoms with Crippen LogP contribution in [0.1, 0.15) is 142 Å². The number of aryl methyl sites for hydroxylation is 2. The molecule has 4 aromatic carbocycles. The lowest BCUT2D eigenvalue weighted by Crippen LogP contribution is -2.26. The smallest absolute Gasteiger partial charge is 0.416 e. The van der Waals surface area contributed by atoms with Crippen LogP contribution >= 0.6 is 11.6 Å². The number of hydrogen-bond acceptors (Lipinski definition) is 10. The average molecular weight is 1030 g/mol. The summed E-state index contributed by atoms with van der Waals surface area (Å²) in [6.45, 7) is 20.9. The lowest BCUT2D eigenvalue weighted by atomic mass is 10.1. The molecule has 0 radical (unpaired) electrons. The number of carbonyl (C=O) groups is 2. The van der Waals surface area contributed by atoms with Gasteiger partial charge in [0.15, 0.2) is 0 Å². The lowest BCUT2D eigenvalue weighted by Gasteiger charge is -2.20. The summed E-state index contributed by atoms with van der Waals surface area (Å²) in [5, 5.41) is 6.55. The molecule has 0 spiro atoms. The number of esters is 2. The maximum Gasteiger partial charge on any atom is 0.416 e. The highest BCUT2D eigenvalue weighted by Gasteiger charge is 2.30. The van der Waals surface area contributed by atoms with Crippen molar-refractivity contribution in [3.8, 4) is 11.3 Å². The Morgan fingerprint density at radius 1 is 0.589 bits per heavy atom. The fourth-order valence-electron chi connectivity index (χ4n) is 6.96. The van der Waals surface area contributed by atoms with E-state index in [0.717, 1.165) is 56.2 Å². The third kappa shape index (κ3) is 20.4. The van der Waals surface area contributed by atoms with Crippen molar-refractivity contribution in [1.29, 1.82) is 0 Å². The number of unbranched alkanes of at least 4 members (excludes halogenated alkanes) is 4. The summed E-state index contributed by atoms with van der Waals surface area (Å²) >= 11 is 5.97. The number of ether oxygens (including phenoxy) is 2. The minimum Gasteiger partial charge on any atom is -0.456 e. The van der Waals surface area contributed by atoms with E-state index in [4.69, 9.17) is 21.1 Å². The van der Waals surface area contributed by atoms with Gasteiger partial charge in [-0.1, -0.05) is 123 Å². The molecular weight excluding hydrogens is 957 g/mol. The first kappa shape index (κ1) is 58.8. The molecule has 0 aliphatic rings. The number of aromatic nitrogens is 4. The zero-order valence-electron chi connectivity index (χ0n) is 43.7. The molecule has 0 unspecified atom stereocenters. The average Bonchev–Trinajstić information content (AvgIpc) is 3.31. The summed E-state index contributed by atoms with van der Waals surface area (Å²) in [5.41, 5.74) is 3.04. The van der Waals surface area contributed by atoms with Gasteiger partial charge in [0.2, 0.25) is 11.9 Å². The van der Waals surface area contributed by atoms with Crippen molar-refractivity contribution >= 4 is 35.4 Å². The van der Waals surface area contributed by atoms with Crippen molar-refractivity contribution in [3.05, 3.63) is 174 Å². The largest absolute Gasteiger partial charge is 0.456 e. The van der Waals surface area contributed by atoms with E-state index >= 15 is 0 Å².